The van der Waals surface area contributed by atoms with E-state index in [4.69, 9.17) is 9.84 Å². The Labute approximate surface area is 120 Å². The molecule has 1 fully saturated rings. The molecule has 112 valence electrons. The molecule has 1 heterocycles. The molecule has 0 spiro atoms. The molecule has 1 aliphatic heterocycles. The first-order chi connectivity index (χ1) is 8.70. The summed E-state index contributed by atoms with van der Waals surface area (Å²) >= 11 is 0. The predicted molar refractivity (Wildman–Crippen MR) is 86.7 cm³/mol. The van der Waals surface area contributed by atoms with Gasteiger partial charge in [0.05, 0.1) is 20.7 Å². The average molecular weight is 285 g/mol. The van der Waals surface area contributed by atoms with Crippen molar-refractivity contribution in [1.82, 2.24) is 5.01 Å². The number of hydrazone groups is 1. The number of hydrogen-bond donors (Lipinski definition) is 0. The highest BCUT2D eigenvalue weighted by Crippen LogP contribution is 2.42. The summed E-state index contributed by atoms with van der Waals surface area (Å²) in [5.74, 6) is 0. The minimum Gasteiger partial charge on any atom is -0.382 e. The highest BCUT2D eigenvalue weighted by Gasteiger charge is 2.39. The van der Waals surface area contributed by atoms with Crippen LogP contribution in [0, 0.1) is 0 Å². The Morgan fingerprint density at radius 3 is 2.58 bits per heavy atom. The van der Waals surface area contributed by atoms with Crippen molar-refractivity contribution in [3.8, 4) is 0 Å². The lowest BCUT2D eigenvalue weighted by Crippen LogP contribution is -2.42. The molecule has 0 aromatic rings. The Kier molecular flexibility index (Phi) is 5.62. The summed E-state index contributed by atoms with van der Waals surface area (Å²) < 4.78 is 5.28. The first-order valence-electron chi connectivity index (χ1n) is 7.50. The van der Waals surface area contributed by atoms with Gasteiger partial charge in [-0.3, -0.25) is 5.01 Å². The van der Waals surface area contributed by atoms with E-state index in [-0.39, 0.29) is 0 Å². The van der Waals surface area contributed by atoms with Gasteiger partial charge in [0.2, 0.25) is 0 Å². The highest BCUT2D eigenvalue weighted by molar-refractivity contribution is 6.83. The Morgan fingerprint density at radius 1 is 1.42 bits per heavy atom. The van der Waals surface area contributed by atoms with E-state index in [1.807, 2.05) is 0 Å². The molecule has 2 atom stereocenters. The maximum Gasteiger partial charge on any atom is 0.0704 e. The zero-order valence-corrected chi connectivity index (χ0v) is 14.9. The molecule has 0 aliphatic carbocycles. The second-order valence-corrected chi connectivity index (χ2v) is 13.3. The van der Waals surface area contributed by atoms with Gasteiger partial charge < -0.3 is 4.74 Å². The number of rotatable bonds is 5. The van der Waals surface area contributed by atoms with E-state index in [0.717, 1.165) is 13.2 Å². The molecule has 0 amide bonds. The van der Waals surface area contributed by atoms with Gasteiger partial charge in [0.25, 0.3) is 0 Å². The van der Waals surface area contributed by atoms with Gasteiger partial charge in [-0.25, -0.2) is 0 Å². The van der Waals surface area contributed by atoms with Crippen molar-refractivity contribution >= 4 is 14.3 Å². The van der Waals surface area contributed by atoms with Gasteiger partial charge in [-0.15, -0.1) is 0 Å². The van der Waals surface area contributed by atoms with Crippen molar-refractivity contribution in [1.29, 1.82) is 0 Å². The molecule has 0 aromatic carbocycles. The van der Waals surface area contributed by atoms with E-state index in [1.54, 1.807) is 7.11 Å². The Hall–Kier alpha value is -0.353. The quantitative estimate of drug-likeness (QED) is 0.563. The normalized spacial score (nSPS) is 23.3. The zero-order valence-electron chi connectivity index (χ0n) is 13.9. The van der Waals surface area contributed by atoms with E-state index in [2.05, 4.69) is 52.0 Å². The van der Waals surface area contributed by atoms with E-state index in [0.29, 0.717) is 16.6 Å². The van der Waals surface area contributed by atoms with E-state index in [1.165, 1.54) is 12.8 Å². The van der Waals surface area contributed by atoms with Crippen LogP contribution in [0.5, 0.6) is 0 Å². The van der Waals surface area contributed by atoms with Gasteiger partial charge in [-0.1, -0.05) is 40.8 Å². The molecule has 3 nitrogen and oxygen atoms in total. The predicted octanol–water partition coefficient (Wildman–Crippen LogP) is 3.98. The number of methoxy groups -OCH3 is 1. The molecule has 0 N–H and O–H groups in total. The van der Waals surface area contributed by atoms with Crippen LogP contribution >= 0.6 is 0 Å². The molecule has 0 radical (unpaired) electrons. The lowest BCUT2D eigenvalue weighted by molar-refractivity contribution is 0.118. The third-order valence-electron chi connectivity index (χ3n) is 5.22. The second kappa shape index (κ2) is 6.40. The van der Waals surface area contributed by atoms with E-state index < -0.39 is 8.07 Å². The minimum atomic E-state index is -1.33. The van der Waals surface area contributed by atoms with Crippen molar-refractivity contribution in [3.63, 3.8) is 0 Å². The Morgan fingerprint density at radius 2 is 2.05 bits per heavy atom. The first kappa shape index (κ1) is 16.7. The fourth-order valence-electron chi connectivity index (χ4n) is 2.39. The molecule has 1 rings (SSSR count). The zero-order chi connectivity index (χ0) is 14.7. The fraction of sp³-hybridized carbons (Fsp3) is 0.933. The van der Waals surface area contributed by atoms with Crippen molar-refractivity contribution < 1.29 is 4.74 Å². The summed E-state index contributed by atoms with van der Waals surface area (Å²) in [6.45, 7) is 16.3. The van der Waals surface area contributed by atoms with Crippen LogP contribution in [-0.4, -0.2) is 45.6 Å². The molecule has 4 heteroatoms. The van der Waals surface area contributed by atoms with Crippen LogP contribution in [0.3, 0.4) is 0 Å². The topological polar surface area (TPSA) is 24.8 Å². The standard InChI is InChI=1S/C15H32N2OSi/c1-13(19(6,7)15(2,3)4)11-16-17-10-8-9-14(17)12-18-5/h11,13-14H,8-10,12H2,1-7H3/t13-,14+/m1/s1. The molecule has 0 bridgehead atoms. The molecule has 0 aromatic heterocycles. The summed E-state index contributed by atoms with van der Waals surface area (Å²) in [6, 6.07) is 0.480. The summed E-state index contributed by atoms with van der Waals surface area (Å²) in [5.41, 5.74) is 0.594. The molecule has 1 saturated heterocycles. The molecular formula is C15H32N2OSi. The van der Waals surface area contributed by atoms with Crippen LogP contribution in [-0.2, 0) is 4.74 Å². The summed E-state index contributed by atoms with van der Waals surface area (Å²) in [4.78, 5) is 0. The maximum atomic E-state index is 5.28. The molecular weight excluding hydrogens is 252 g/mol. The number of ether oxygens (including phenoxy) is 1. The van der Waals surface area contributed by atoms with Crippen molar-refractivity contribution in [3.05, 3.63) is 0 Å². The molecule has 0 unspecified atom stereocenters. The van der Waals surface area contributed by atoms with Gasteiger partial charge in [0.15, 0.2) is 0 Å². The SMILES string of the molecule is COC[C@@H]1CCCN1N=C[C@@H](C)[Si](C)(C)C(C)(C)C. The number of nitrogens with zero attached hydrogens (tertiary/aromatic N) is 2. The van der Waals surface area contributed by atoms with Crippen LogP contribution in [0.2, 0.25) is 23.7 Å². The van der Waals surface area contributed by atoms with Gasteiger partial charge in [-0.05, 0) is 23.4 Å². The second-order valence-electron chi connectivity index (χ2n) is 7.44. The third-order valence-corrected chi connectivity index (χ3v) is 11.5. The van der Waals surface area contributed by atoms with Gasteiger partial charge in [-0.2, -0.15) is 5.10 Å². The largest absolute Gasteiger partial charge is 0.382 e. The van der Waals surface area contributed by atoms with Crippen molar-refractivity contribution in [2.75, 3.05) is 20.3 Å². The molecule has 1 aliphatic rings. The minimum absolute atomic E-state index is 0.412. The third kappa shape index (κ3) is 4.05. The van der Waals surface area contributed by atoms with E-state index in [9.17, 15) is 0 Å². The Bertz CT molecular complexity index is 310. The summed E-state index contributed by atoms with van der Waals surface area (Å²) in [5, 5.41) is 7.41. The van der Waals surface area contributed by atoms with Crippen LogP contribution in [0.1, 0.15) is 40.5 Å². The number of hydrogen-bond acceptors (Lipinski definition) is 3. The fourth-order valence-corrected chi connectivity index (χ4v) is 4.19. The van der Waals surface area contributed by atoms with Crippen LogP contribution in [0.15, 0.2) is 5.10 Å². The lowest BCUT2D eigenvalue weighted by Gasteiger charge is -2.40. The first-order valence-corrected chi connectivity index (χ1v) is 10.6. The molecule has 0 saturated carbocycles. The van der Waals surface area contributed by atoms with Crippen molar-refractivity contribution in [2.45, 2.75) is 70.3 Å². The van der Waals surface area contributed by atoms with Gasteiger partial charge >= 0.3 is 0 Å². The van der Waals surface area contributed by atoms with Crippen molar-refractivity contribution in [2.24, 2.45) is 5.10 Å². The smallest absolute Gasteiger partial charge is 0.0704 e. The summed E-state index contributed by atoms with van der Waals surface area (Å²) in [7, 11) is 0.448. The van der Waals surface area contributed by atoms with Crippen LogP contribution < -0.4 is 0 Å². The lowest BCUT2D eigenvalue weighted by atomic mass is 10.2. The van der Waals surface area contributed by atoms with Crippen LogP contribution in [0.25, 0.3) is 0 Å². The van der Waals surface area contributed by atoms with E-state index >= 15 is 0 Å². The van der Waals surface area contributed by atoms with Gasteiger partial charge in [0, 0.05) is 19.9 Å². The van der Waals surface area contributed by atoms with Gasteiger partial charge in [0.1, 0.15) is 0 Å². The average Bonchev–Trinajstić information content (AvgIpc) is 2.72. The Balaban J connectivity index is 2.65. The summed E-state index contributed by atoms with van der Waals surface area (Å²) in [6.07, 6.45) is 4.64. The van der Waals surface area contributed by atoms with Crippen LogP contribution in [0.4, 0.5) is 0 Å². The highest BCUT2D eigenvalue weighted by atomic mass is 28.3. The molecule has 19 heavy (non-hydrogen) atoms. The monoisotopic (exact) mass is 284 g/mol. The maximum absolute atomic E-state index is 5.28.